The van der Waals surface area contributed by atoms with E-state index in [9.17, 15) is 9.18 Å². The molecular formula is C20H18FN3O2. The molecule has 0 saturated carbocycles. The summed E-state index contributed by atoms with van der Waals surface area (Å²) in [4.78, 5) is 16.3. The Morgan fingerprint density at radius 2 is 1.77 bits per heavy atom. The summed E-state index contributed by atoms with van der Waals surface area (Å²) in [6.07, 6.45) is 1.57. The number of halogens is 1. The molecule has 26 heavy (non-hydrogen) atoms. The molecule has 1 aromatic heterocycles. The van der Waals surface area contributed by atoms with Gasteiger partial charge in [0, 0.05) is 17.8 Å². The van der Waals surface area contributed by atoms with E-state index in [4.69, 9.17) is 4.74 Å². The molecule has 0 spiro atoms. The lowest BCUT2D eigenvalue weighted by Gasteiger charge is -2.09. The highest BCUT2D eigenvalue weighted by molar-refractivity contribution is 5.92. The molecule has 0 unspecified atom stereocenters. The number of hydrogen-bond acceptors (Lipinski definition) is 4. The predicted molar refractivity (Wildman–Crippen MR) is 98.1 cm³/mol. The van der Waals surface area contributed by atoms with Crippen molar-refractivity contribution < 1.29 is 13.9 Å². The second kappa shape index (κ2) is 8.11. The minimum atomic E-state index is -0.357. The van der Waals surface area contributed by atoms with Gasteiger partial charge in [0.25, 0.3) is 5.91 Å². The first-order valence-corrected chi connectivity index (χ1v) is 8.04. The first-order valence-electron chi connectivity index (χ1n) is 8.04. The molecule has 1 heterocycles. The number of ether oxygens (including phenoxy) is 1. The fourth-order valence-electron chi connectivity index (χ4n) is 2.35. The maximum absolute atomic E-state index is 13.6. The average molecular weight is 351 g/mol. The summed E-state index contributed by atoms with van der Waals surface area (Å²) in [6.45, 7) is 0.110. The molecule has 0 aliphatic heterocycles. The smallest absolute Gasteiger partial charge is 0.270 e. The first-order chi connectivity index (χ1) is 12.7. The van der Waals surface area contributed by atoms with Gasteiger partial charge < -0.3 is 15.4 Å². The number of carbonyl (C=O) groups excluding carboxylic acids is 1. The fourth-order valence-corrected chi connectivity index (χ4v) is 2.35. The number of amides is 1. The van der Waals surface area contributed by atoms with Gasteiger partial charge >= 0.3 is 0 Å². The second-order valence-corrected chi connectivity index (χ2v) is 5.56. The summed E-state index contributed by atoms with van der Waals surface area (Å²) in [5.41, 5.74) is 2.32. The van der Waals surface area contributed by atoms with Crippen LogP contribution >= 0.6 is 0 Å². The Morgan fingerprint density at radius 1 is 1.04 bits per heavy atom. The van der Waals surface area contributed by atoms with Crippen LogP contribution in [0.3, 0.4) is 0 Å². The summed E-state index contributed by atoms with van der Waals surface area (Å²) in [5.74, 6) is 0.0691. The quantitative estimate of drug-likeness (QED) is 0.707. The Hall–Kier alpha value is -3.41. The largest absolute Gasteiger partial charge is 0.497 e. The Morgan fingerprint density at radius 3 is 2.42 bits per heavy atom. The molecule has 6 heteroatoms. The highest BCUT2D eigenvalue weighted by Gasteiger charge is 2.08. The van der Waals surface area contributed by atoms with Gasteiger partial charge in [0.1, 0.15) is 17.3 Å². The molecule has 3 rings (SSSR count). The van der Waals surface area contributed by atoms with E-state index in [1.807, 2.05) is 24.3 Å². The van der Waals surface area contributed by atoms with E-state index in [2.05, 4.69) is 15.6 Å². The number of rotatable bonds is 6. The number of nitrogens with zero attached hydrogens (tertiary/aromatic N) is 1. The number of anilines is 2. The van der Waals surface area contributed by atoms with Crippen molar-refractivity contribution in [2.45, 2.75) is 6.54 Å². The van der Waals surface area contributed by atoms with Crippen molar-refractivity contribution in [3.05, 3.63) is 83.9 Å². The lowest BCUT2D eigenvalue weighted by Crippen LogP contribution is -2.24. The van der Waals surface area contributed by atoms with Crippen LogP contribution in [0.5, 0.6) is 5.75 Å². The zero-order valence-electron chi connectivity index (χ0n) is 14.2. The van der Waals surface area contributed by atoms with Crippen molar-refractivity contribution in [2.24, 2.45) is 0 Å². The van der Waals surface area contributed by atoms with Crippen molar-refractivity contribution in [1.82, 2.24) is 10.3 Å². The number of pyridine rings is 1. The van der Waals surface area contributed by atoms with Gasteiger partial charge in [-0.2, -0.15) is 0 Å². The molecule has 132 valence electrons. The van der Waals surface area contributed by atoms with E-state index < -0.39 is 0 Å². The molecule has 3 aromatic rings. The Bertz CT molecular complexity index is 880. The van der Waals surface area contributed by atoms with E-state index in [0.29, 0.717) is 5.56 Å². The summed E-state index contributed by atoms with van der Waals surface area (Å²) >= 11 is 0. The number of methoxy groups -OCH3 is 1. The van der Waals surface area contributed by atoms with Crippen molar-refractivity contribution in [3.8, 4) is 5.75 Å². The van der Waals surface area contributed by atoms with E-state index in [1.165, 1.54) is 6.07 Å². The monoisotopic (exact) mass is 351 g/mol. The molecular weight excluding hydrogens is 333 g/mol. The van der Waals surface area contributed by atoms with Crippen LogP contribution in [0.25, 0.3) is 0 Å². The molecule has 0 fully saturated rings. The second-order valence-electron chi connectivity index (χ2n) is 5.56. The first kappa shape index (κ1) is 17.4. The summed E-state index contributed by atoms with van der Waals surface area (Å²) in [6, 6.07) is 17.2. The van der Waals surface area contributed by atoms with E-state index in [0.717, 1.165) is 17.1 Å². The lowest BCUT2D eigenvalue weighted by molar-refractivity contribution is 0.0945. The summed E-state index contributed by atoms with van der Waals surface area (Å²) in [5, 5.41) is 5.85. The van der Waals surface area contributed by atoms with Crippen molar-refractivity contribution in [3.63, 3.8) is 0 Å². The molecule has 0 saturated heterocycles. The zero-order valence-corrected chi connectivity index (χ0v) is 14.2. The van der Waals surface area contributed by atoms with Crippen LogP contribution in [0, 0.1) is 5.82 Å². The summed E-state index contributed by atoms with van der Waals surface area (Å²) in [7, 11) is 1.61. The molecule has 1 amide bonds. The maximum Gasteiger partial charge on any atom is 0.270 e. The third kappa shape index (κ3) is 4.36. The van der Waals surface area contributed by atoms with Gasteiger partial charge in [-0.1, -0.05) is 18.2 Å². The molecule has 2 N–H and O–H groups in total. The zero-order chi connectivity index (χ0) is 18.4. The molecule has 0 atom stereocenters. The van der Waals surface area contributed by atoms with E-state index >= 15 is 0 Å². The standard InChI is InChI=1S/C20H18FN3O2/c1-26-17-9-6-15(7-10-17)24-16-8-11-19(22-13-16)20(25)23-12-14-4-2-3-5-18(14)21/h2-11,13,24H,12H2,1H3,(H,23,25). The average Bonchev–Trinajstić information content (AvgIpc) is 2.68. The van der Waals surface area contributed by atoms with Crippen LogP contribution < -0.4 is 15.4 Å². The van der Waals surface area contributed by atoms with Crippen molar-refractivity contribution >= 4 is 17.3 Å². The minimum absolute atomic E-state index is 0.110. The number of carbonyl (C=O) groups is 1. The number of nitrogens with one attached hydrogen (secondary N) is 2. The Labute approximate surface area is 150 Å². The highest BCUT2D eigenvalue weighted by Crippen LogP contribution is 2.19. The van der Waals surface area contributed by atoms with Crippen molar-refractivity contribution in [1.29, 1.82) is 0 Å². The van der Waals surface area contributed by atoms with Crippen LogP contribution in [0.4, 0.5) is 15.8 Å². The van der Waals surface area contributed by atoms with Gasteiger partial charge in [-0.3, -0.25) is 4.79 Å². The lowest BCUT2D eigenvalue weighted by atomic mass is 10.2. The molecule has 0 aliphatic rings. The SMILES string of the molecule is COc1ccc(Nc2ccc(C(=O)NCc3ccccc3F)nc2)cc1. The van der Waals surface area contributed by atoms with Crippen molar-refractivity contribution in [2.75, 3.05) is 12.4 Å². The van der Waals surface area contributed by atoms with Crippen LogP contribution in [0.15, 0.2) is 66.9 Å². The number of hydrogen-bond donors (Lipinski definition) is 2. The van der Waals surface area contributed by atoms with Crippen LogP contribution in [-0.4, -0.2) is 18.0 Å². The van der Waals surface area contributed by atoms with Gasteiger partial charge in [0.2, 0.25) is 0 Å². The topological polar surface area (TPSA) is 63.2 Å². The van der Waals surface area contributed by atoms with E-state index in [1.54, 1.807) is 43.6 Å². The normalized spacial score (nSPS) is 10.2. The van der Waals surface area contributed by atoms with Gasteiger partial charge in [-0.25, -0.2) is 9.37 Å². The summed E-state index contributed by atoms with van der Waals surface area (Å²) < 4.78 is 18.7. The van der Waals surface area contributed by atoms with Gasteiger partial charge in [0.05, 0.1) is 19.0 Å². The van der Waals surface area contributed by atoms with Crippen LogP contribution in [-0.2, 0) is 6.54 Å². The third-order valence-corrected chi connectivity index (χ3v) is 3.77. The number of benzene rings is 2. The number of aromatic nitrogens is 1. The minimum Gasteiger partial charge on any atom is -0.497 e. The Kier molecular flexibility index (Phi) is 5.43. The molecule has 5 nitrogen and oxygen atoms in total. The van der Waals surface area contributed by atoms with Gasteiger partial charge in [-0.15, -0.1) is 0 Å². The molecule has 0 bridgehead atoms. The van der Waals surface area contributed by atoms with Gasteiger partial charge in [-0.05, 0) is 42.5 Å². The van der Waals surface area contributed by atoms with Gasteiger partial charge in [0.15, 0.2) is 0 Å². The molecule has 2 aromatic carbocycles. The highest BCUT2D eigenvalue weighted by atomic mass is 19.1. The third-order valence-electron chi connectivity index (χ3n) is 3.77. The van der Waals surface area contributed by atoms with Crippen LogP contribution in [0.1, 0.15) is 16.1 Å². The fraction of sp³-hybridized carbons (Fsp3) is 0.100. The van der Waals surface area contributed by atoms with Crippen LogP contribution in [0.2, 0.25) is 0 Å². The maximum atomic E-state index is 13.6. The predicted octanol–water partition coefficient (Wildman–Crippen LogP) is 3.90. The molecule has 0 radical (unpaired) electrons. The van der Waals surface area contributed by atoms with E-state index in [-0.39, 0.29) is 24.0 Å². The Balaban J connectivity index is 1.59. The molecule has 0 aliphatic carbocycles.